The summed E-state index contributed by atoms with van der Waals surface area (Å²) in [4.78, 5) is 23.8. The Hall–Kier alpha value is -2.70. The molecular formula is C19H17Cl2NO5. The van der Waals surface area contributed by atoms with Gasteiger partial charge in [-0.1, -0.05) is 29.3 Å². The molecule has 142 valence electrons. The van der Waals surface area contributed by atoms with E-state index in [0.717, 1.165) is 6.08 Å². The zero-order chi connectivity index (χ0) is 19.8. The summed E-state index contributed by atoms with van der Waals surface area (Å²) in [7, 11) is 2.98. The molecule has 8 heteroatoms. The molecule has 0 unspecified atom stereocenters. The van der Waals surface area contributed by atoms with Crippen molar-refractivity contribution in [3.8, 4) is 11.5 Å². The third-order valence-corrected chi connectivity index (χ3v) is 4.07. The predicted octanol–water partition coefficient (Wildman–Crippen LogP) is 4.21. The largest absolute Gasteiger partial charge is 0.497 e. The lowest BCUT2D eigenvalue weighted by Crippen LogP contribution is -2.20. The van der Waals surface area contributed by atoms with Gasteiger partial charge in [0, 0.05) is 27.8 Å². The number of carbonyl (C=O) groups is 2. The number of hydrogen-bond donors (Lipinski definition) is 1. The number of rotatable bonds is 7. The first-order valence-electron chi connectivity index (χ1n) is 7.75. The van der Waals surface area contributed by atoms with Crippen LogP contribution < -0.4 is 14.8 Å². The Balaban J connectivity index is 1.94. The van der Waals surface area contributed by atoms with Gasteiger partial charge in [0.05, 0.1) is 19.9 Å². The number of amides is 1. The third-order valence-electron chi connectivity index (χ3n) is 3.41. The van der Waals surface area contributed by atoms with Gasteiger partial charge in [-0.3, -0.25) is 4.79 Å². The Morgan fingerprint density at radius 1 is 1.07 bits per heavy atom. The SMILES string of the molecule is COc1ccc(OC)c(NC(=O)COC(=O)/C=C/c2c(Cl)cccc2Cl)c1. The number of methoxy groups -OCH3 is 2. The van der Waals surface area contributed by atoms with E-state index in [1.807, 2.05) is 0 Å². The first-order valence-corrected chi connectivity index (χ1v) is 8.51. The highest BCUT2D eigenvalue weighted by Crippen LogP contribution is 2.29. The highest BCUT2D eigenvalue weighted by atomic mass is 35.5. The number of benzene rings is 2. The fourth-order valence-corrected chi connectivity index (χ4v) is 2.63. The second-order valence-corrected chi connectivity index (χ2v) is 6.01. The highest BCUT2D eigenvalue weighted by Gasteiger charge is 2.11. The number of ether oxygens (including phenoxy) is 3. The van der Waals surface area contributed by atoms with Crippen molar-refractivity contribution >= 4 is 46.8 Å². The third kappa shape index (κ3) is 5.91. The van der Waals surface area contributed by atoms with E-state index in [1.54, 1.807) is 36.4 Å². The molecule has 0 aliphatic rings. The van der Waals surface area contributed by atoms with Crippen molar-refractivity contribution in [2.24, 2.45) is 0 Å². The lowest BCUT2D eigenvalue weighted by Gasteiger charge is -2.11. The summed E-state index contributed by atoms with van der Waals surface area (Å²) in [5, 5.41) is 3.39. The van der Waals surface area contributed by atoms with Gasteiger partial charge in [0.15, 0.2) is 6.61 Å². The number of nitrogens with one attached hydrogen (secondary N) is 1. The maximum atomic E-state index is 12.0. The predicted molar refractivity (Wildman–Crippen MR) is 105 cm³/mol. The molecule has 0 bridgehead atoms. The molecule has 0 saturated carbocycles. The van der Waals surface area contributed by atoms with Crippen molar-refractivity contribution < 1.29 is 23.8 Å². The summed E-state index contributed by atoms with van der Waals surface area (Å²) >= 11 is 12.0. The lowest BCUT2D eigenvalue weighted by molar-refractivity contribution is -0.142. The van der Waals surface area contributed by atoms with Gasteiger partial charge in [0.1, 0.15) is 11.5 Å². The molecule has 27 heavy (non-hydrogen) atoms. The average molecular weight is 410 g/mol. The van der Waals surface area contributed by atoms with Crippen molar-refractivity contribution in [2.45, 2.75) is 0 Å². The molecule has 0 spiro atoms. The second kappa shape index (κ2) is 9.85. The monoisotopic (exact) mass is 409 g/mol. The minimum atomic E-state index is -0.709. The summed E-state index contributed by atoms with van der Waals surface area (Å²) in [5.41, 5.74) is 0.889. The number of esters is 1. The Labute approximate surface area is 166 Å². The Morgan fingerprint density at radius 3 is 2.41 bits per heavy atom. The van der Waals surface area contributed by atoms with E-state index < -0.39 is 18.5 Å². The highest BCUT2D eigenvalue weighted by molar-refractivity contribution is 6.37. The Bertz CT molecular complexity index is 847. The average Bonchev–Trinajstić information content (AvgIpc) is 2.66. The maximum absolute atomic E-state index is 12.0. The number of hydrogen-bond acceptors (Lipinski definition) is 5. The number of anilines is 1. The molecule has 0 radical (unpaired) electrons. The molecule has 1 amide bonds. The molecule has 1 N–H and O–H groups in total. The van der Waals surface area contributed by atoms with Crippen LogP contribution in [0, 0.1) is 0 Å². The lowest BCUT2D eigenvalue weighted by atomic mass is 10.2. The van der Waals surface area contributed by atoms with Crippen molar-refractivity contribution in [1.82, 2.24) is 0 Å². The van der Waals surface area contributed by atoms with Gasteiger partial charge in [-0.15, -0.1) is 0 Å². The van der Waals surface area contributed by atoms with Crippen LogP contribution in [0.25, 0.3) is 6.08 Å². The van der Waals surface area contributed by atoms with Gasteiger partial charge in [-0.2, -0.15) is 0 Å². The smallest absolute Gasteiger partial charge is 0.331 e. The summed E-state index contributed by atoms with van der Waals surface area (Å²) in [6, 6.07) is 9.92. The van der Waals surface area contributed by atoms with Gasteiger partial charge in [-0.05, 0) is 30.3 Å². The topological polar surface area (TPSA) is 73.9 Å². The van der Waals surface area contributed by atoms with E-state index in [-0.39, 0.29) is 0 Å². The van der Waals surface area contributed by atoms with Gasteiger partial charge in [-0.25, -0.2) is 4.79 Å². The van der Waals surface area contributed by atoms with E-state index in [0.29, 0.717) is 32.8 Å². The zero-order valence-electron chi connectivity index (χ0n) is 14.6. The van der Waals surface area contributed by atoms with Crippen molar-refractivity contribution in [2.75, 3.05) is 26.1 Å². The van der Waals surface area contributed by atoms with E-state index in [2.05, 4.69) is 5.32 Å². The molecule has 2 aromatic rings. The van der Waals surface area contributed by atoms with Crippen LogP contribution in [-0.4, -0.2) is 32.7 Å². The van der Waals surface area contributed by atoms with Crippen LogP contribution in [0.4, 0.5) is 5.69 Å². The van der Waals surface area contributed by atoms with Crippen molar-refractivity contribution in [1.29, 1.82) is 0 Å². The van der Waals surface area contributed by atoms with Crippen LogP contribution >= 0.6 is 23.2 Å². The molecule has 2 aromatic carbocycles. The standard InChI is InChI=1S/C19H17Cl2NO5/c1-25-12-6-8-17(26-2)16(10-12)22-18(23)11-27-19(24)9-7-13-14(20)4-3-5-15(13)21/h3-10H,11H2,1-2H3,(H,22,23)/b9-7+. The molecule has 0 aliphatic carbocycles. The summed E-state index contributed by atoms with van der Waals surface area (Å²) in [6.45, 7) is -0.472. The number of halogens is 2. The van der Waals surface area contributed by atoms with Crippen LogP contribution in [0.1, 0.15) is 5.56 Å². The molecule has 0 aliphatic heterocycles. The zero-order valence-corrected chi connectivity index (χ0v) is 16.1. The summed E-state index contributed by atoms with van der Waals surface area (Å²) in [5.74, 6) is -0.246. The number of carbonyl (C=O) groups excluding carboxylic acids is 2. The van der Waals surface area contributed by atoms with E-state index in [9.17, 15) is 9.59 Å². The molecule has 2 rings (SSSR count). The van der Waals surface area contributed by atoms with Gasteiger partial charge >= 0.3 is 5.97 Å². The Kier molecular flexibility index (Phi) is 7.52. The van der Waals surface area contributed by atoms with Crippen LogP contribution in [0.2, 0.25) is 10.0 Å². The van der Waals surface area contributed by atoms with Gasteiger partial charge in [0.2, 0.25) is 0 Å². The summed E-state index contributed by atoms with van der Waals surface area (Å²) < 4.78 is 15.2. The Morgan fingerprint density at radius 2 is 1.78 bits per heavy atom. The molecule has 0 heterocycles. The first kappa shape index (κ1) is 20.6. The molecular weight excluding hydrogens is 393 g/mol. The van der Waals surface area contributed by atoms with Crippen LogP contribution in [0.15, 0.2) is 42.5 Å². The summed E-state index contributed by atoms with van der Waals surface area (Å²) in [6.07, 6.45) is 2.57. The minimum absolute atomic E-state index is 0.398. The van der Waals surface area contributed by atoms with Gasteiger partial charge < -0.3 is 19.5 Å². The maximum Gasteiger partial charge on any atom is 0.331 e. The molecule has 0 atom stereocenters. The normalized spacial score (nSPS) is 10.5. The van der Waals surface area contributed by atoms with Crippen LogP contribution in [0.5, 0.6) is 11.5 Å². The molecule has 0 saturated heterocycles. The fraction of sp³-hybridized carbons (Fsp3) is 0.158. The van der Waals surface area contributed by atoms with E-state index in [1.165, 1.54) is 20.3 Å². The molecule has 0 fully saturated rings. The first-order chi connectivity index (χ1) is 12.9. The fourth-order valence-electron chi connectivity index (χ4n) is 2.10. The van der Waals surface area contributed by atoms with E-state index >= 15 is 0 Å². The molecule has 6 nitrogen and oxygen atoms in total. The van der Waals surface area contributed by atoms with Crippen molar-refractivity contribution in [3.05, 3.63) is 58.1 Å². The van der Waals surface area contributed by atoms with E-state index in [4.69, 9.17) is 37.4 Å². The quantitative estimate of drug-likeness (QED) is 0.547. The van der Waals surface area contributed by atoms with Crippen LogP contribution in [-0.2, 0) is 14.3 Å². The minimum Gasteiger partial charge on any atom is -0.497 e. The molecule has 0 aromatic heterocycles. The van der Waals surface area contributed by atoms with Gasteiger partial charge in [0.25, 0.3) is 5.91 Å². The van der Waals surface area contributed by atoms with Crippen molar-refractivity contribution in [3.63, 3.8) is 0 Å². The van der Waals surface area contributed by atoms with Crippen LogP contribution in [0.3, 0.4) is 0 Å². The second-order valence-electron chi connectivity index (χ2n) is 5.19.